The zero-order valence-electron chi connectivity index (χ0n) is 13.4. The fraction of sp³-hybridized carbons (Fsp3) is 0.684. The Morgan fingerprint density at radius 2 is 1.62 bits per heavy atom. The van der Waals surface area contributed by atoms with Gasteiger partial charge in [0, 0.05) is 6.61 Å². The van der Waals surface area contributed by atoms with E-state index in [1.807, 2.05) is 6.07 Å². The molecule has 1 fully saturated rings. The summed E-state index contributed by atoms with van der Waals surface area (Å²) in [5.74, 6) is 0. The van der Waals surface area contributed by atoms with E-state index in [9.17, 15) is 0 Å². The molecule has 0 bridgehead atoms. The minimum Gasteiger partial charge on any atom is -0.378 e. The first-order valence-electron chi connectivity index (χ1n) is 8.65. The van der Waals surface area contributed by atoms with Gasteiger partial charge in [-0.15, -0.1) is 0 Å². The minimum atomic E-state index is 0.385. The molecule has 21 heavy (non-hydrogen) atoms. The van der Waals surface area contributed by atoms with Gasteiger partial charge in [-0.3, -0.25) is 0 Å². The van der Waals surface area contributed by atoms with E-state index < -0.39 is 0 Å². The zero-order valence-corrected chi connectivity index (χ0v) is 13.4. The fourth-order valence-electron chi connectivity index (χ4n) is 2.95. The molecule has 1 aliphatic carbocycles. The SMILES string of the molecule is CCCCCCCO[C@@H]1CC[C@@H](OCc2ccccc2)C1. The summed E-state index contributed by atoms with van der Waals surface area (Å²) in [4.78, 5) is 0. The van der Waals surface area contributed by atoms with Gasteiger partial charge in [-0.1, -0.05) is 62.9 Å². The Kier molecular flexibility index (Phi) is 7.83. The van der Waals surface area contributed by atoms with E-state index in [1.54, 1.807) is 0 Å². The van der Waals surface area contributed by atoms with Gasteiger partial charge in [-0.25, -0.2) is 0 Å². The van der Waals surface area contributed by atoms with Crippen LogP contribution in [0.5, 0.6) is 0 Å². The van der Waals surface area contributed by atoms with Crippen LogP contribution in [0.15, 0.2) is 30.3 Å². The van der Waals surface area contributed by atoms with E-state index in [4.69, 9.17) is 9.47 Å². The van der Waals surface area contributed by atoms with Crippen molar-refractivity contribution in [3.05, 3.63) is 35.9 Å². The maximum atomic E-state index is 6.00. The molecule has 0 aromatic heterocycles. The average molecular weight is 290 g/mol. The molecule has 1 aromatic rings. The van der Waals surface area contributed by atoms with Crippen molar-refractivity contribution in [2.45, 2.75) is 77.1 Å². The lowest BCUT2D eigenvalue weighted by Crippen LogP contribution is -2.13. The van der Waals surface area contributed by atoms with Crippen LogP contribution in [0.1, 0.15) is 63.9 Å². The van der Waals surface area contributed by atoms with Crippen LogP contribution in [0.25, 0.3) is 0 Å². The van der Waals surface area contributed by atoms with Gasteiger partial charge in [-0.05, 0) is 31.2 Å². The van der Waals surface area contributed by atoms with Crippen molar-refractivity contribution in [2.24, 2.45) is 0 Å². The van der Waals surface area contributed by atoms with E-state index in [-0.39, 0.29) is 0 Å². The van der Waals surface area contributed by atoms with Crippen LogP contribution in [0.4, 0.5) is 0 Å². The van der Waals surface area contributed by atoms with Gasteiger partial charge >= 0.3 is 0 Å². The lowest BCUT2D eigenvalue weighted by atomic mass is 10.2. The van der Waals surface area contributed by atoms with Crippen molar-refractivity contribution in [3.63, 3.8) is 0 Å². The molecular formula is C19H30O2. The van der Waals surface area contributed by atoms with Gasteiger partial charge in [0.2, 0.25) is 0 Å². The molecule has 118 valence electrons. The van der Waals surface area contributed by atoms with Gasteiger partial charge < -0.3 is 9.47 Å². The monoisotopic (exact) mass is 290 g/mol. The Hall–Kier alpha value is -0.860. The highest BCUT2D eigenvalue weighted by Gasteiger charge is 2.25. The molecule has 0 radical (unpaired) electrons. The molecule has 2 atom stereocenters. The van der Waals surface area contributed by atoms with Gasteiger partial charge in [0.25, 0.3) is 0 Å². The van der Waals surface area contributed by atoms with E-state index in [0.29, 0.717) is 12.2 Å². The van der Waals surface area contributed by atoms with Gasteiger partial charge in [0.15, 0.2) is 0 Å². The molecule has 2 rings (SSSR count). The number of hydrogen-bond acceptors (Lipinski definition) is 2. The van der Waals surface area contributed by atoms with Crippen molar-refractivity contribution in [1.29, 1.82) is 0 Å². The third-order valence-corrected chi connectivity index (χ3v) is 4.27. The van der Waals surface area contributed by atoms with Crippen LogP contribution in [0.3, 0.4) is 0 Å². The van der Waals surface area contributed by atoms with Crippen molar-refractivity contribution >= 4 is 0 Å². The number of hydrogen-bond donors (Lipinski definition) is 0. The minimum absolute atomic E-state index is 0.385. The Morgan fingerprint density at radius 1 is 0.905 bits per heavy atom. The second-order valence-corrected chi connectivity index (χ2v) is 6.14. The van der Waals surface area contributed by atoms with Crippen molar-refractivity contribution in [1.82, 2.24) is 0 Å². The average Bonchev–Trinajstić information content (AvgIpc) is 2.98. The van der Waals surface area contributed by atoms with Gasteiger partial charge in [-0.2, -0.15) is 0 Å². The Labute approximate surface area is 129 Å². The highest BCUT2D eigenvalue weighted by molar-refractivity contribution is 5.13. The fourth-order valence-corrected chi connectivity index (χ4v) is 2.95. The van der Waals surface area contributed by atoms with Crippen LogP contribution < -0.4 is 0 Å². The molecular weight excluding hydrogens is 260 g/mol. The quantitative estimate of drug-likeness (QED) is 0.557. The van der Waals surface area contributed by atoms with Crippen molar-refractivity contribution in [3.8, 4) is 0 Å². The lowest BCUT2D eigenvalue weighted by Gasteiger charge is -2.13. The number of rotatable bonds is 10. The highest BCUT2D eigenvalue weighted by atomic mass is 16.5. The van der Waals surface area contributed by atoms with Gasteiger partial charge in [0.1, 0.15) is 0 Å². The molecule has 0 spiro atoms. The van der Waals surface area contributed by atoms with Crippen molar-refractivity contribution < 1.29 is 9.47 Å². The summed E-state index contributed by atoms with van der Waals surface area (Å²) >= 11 is 0. The predicted molar refractivity (Wildman–Crippen MR) is 87.4 cm³/mol. The van der Waals surface area contributed by atoms with E-state index >= 15 is 0 Å². The lowest BCUT2D eigenvalue weighted by molar-refractivity contribution is 0.0146. The van der Waals surface area contributed by atoms with Crippen LogP contribution in [-0.4, -0.2) is 18.8 Å². The molecule has 0 heterocycles. The summed E-state index contributed by atoms with van der Waals surface area (Å²) in [6.07, 6.45) is 10.7. The number of benzene rings is 1. The predicted octanol–water partition coefficient (Wildman–Crippen LogP) is 5.11. The topological polar surface area (TPSA) is 18.5 Å². The molecule has 1 aliphatic rings. The molecule has 1 aromatic carbocycles. The molecule has 0 unspecified atom stereocenters. The number of unbranched alkanes of at least 4 members (excludes halogenated alkanes) is 4. The second-order valence-electron chi connectivity index (χ2n) is 6.14. The second kappa shape index (κ2) is 9.97. The smallest absolute Gasteiger partial charge is 0.0720 e. The van der Waals surface area contributed by atoms with Crippen LogP contribution in [0.2, 0.25) is 0 Å². The highest BCUT2D eigenvalue weighted by Crippen LogP contribution is 2.25. The summed E-state index contributed by atoms with van der Waals surface area (Å²) in [5, 5.41) is 0. The van der Waals surface area contributed by atoms with E-state index in [2.05, 4.69) is 31.2 Å². The maximum Gasteiger partial charge on any atom is 0.0720 e. The first kappa shape index (κ1) is 16.5. The van der Waals surface area contributed by atoms with Gasteiger partial charge in [0.05, 0.1) is 18.8 Å². The molecule has 0 amide bonds. The summed E-state index contributed by atoms with van der Waals surface area (Å²) in [5.41, 5.74) is 1.26. The molecule has 2 heteroatoms. The Morgan fingerprint density at radius 3 is 2.38 bits per heavy atom. The van der Waals surface area contributed by atoms with Crippen LogP contribution in [-0.2, 0) is 16.1 Å². The summed E-state index contributed by atoms with van der Waals surface area (Å²) < 4.78 is 12.0. The Bertz CT molecular complexity index is 363. The third kappa shape index (κ3) is 6.62. The summed E-state index contributed by atoms with van der Waals surface area (Å²) in [6.45, 7) is 3.92. The normalized spacial score (nSPS) is 21.8. The summed E-state index contributed by atoms with van der Waals surface area (Å²) in [6, 6.07) is 10.4. The van der Waals surface area contributed by atoms with E-state index in [0.717, 1.165) is 32.5 Å². The largest absolute Gasteiger partial charge is 0.378 e. The standard InChI is InChI=1S/C19H30O2/c1-2-3-4-5-9-14-20-18-12-13-19(15-18)21-16-17-10-7-6-8-11-17/h6-8,10-11,18-19H,2-5,9,12-16H2,1H3/t18-,19-/m1/s1. The summed E-state index contributed by atoms with van der Waals surface area (Å²) in [7, 11) is 0. The third-order valence-electron chi connectivity index (χ3n) is 4.27. The molecule has 2 nitrogen and oxygen atoms in total. The maximum absolute atomic E-state index is 6.00. The first-order chi connectivity index (χ1) is 10.4. The van der Waals surface area contributed by atoms with Crippen molar-refractivity contribution in [2.75, 3.05) is 6.61 Å². The number of ether oxygens (including phenoxy) is 2. The molecule has 0 aliphatic heterocycles. The molecule has 0 N–H and O–H groups in total. The Balaban J connectivity index is 1.52. The molecule has 1 saturated carbocycles. The van der Waals surface area contributed by atoms with Crippen LogP contribution in [0, 0.1) is 0 Å². The van der Waals surface area contributed by atoms with E-state index in [1.165, 1.54) is 37.7 Å². The zero-order chi connectivity index (χ0) is 14.8. The van der Waals surface area contributed by atoms with Crippen LogP contribution >= 0.6 is 0 Å². The first-order valence-corrected chi connectivity index (χ1v) is 8.65. The molecule has 0 saturated heterocycles.